The summed E-state index contributed by atoms with van der Waals surface area (Å²) < 4.78 is 7.37. The van der Waals surface area contributed by atoms with Crippen molar-refractivity contribution in [1.29, 1.82) is 0 Å². The van der Waals surface area contributed by atoms with Gasteiger partial charge in [-0.1, -0.05) is 12.1 Å². The van der Waals surface area contributed by atoms with E-state index in [1.165, 1.54) is 0 Å². The minimum Gasteiger partial charge on any atom is -0.383 e. The fourth-order valence-corrected chi connectivity index (χ4v) is 2.66. The third kappa shape index (κ3) is 3.29. The summed E-state index contributed by atoms with van der Waals surface area (Å²) in [5.74, 6) is 2.02. The van der Waals surface area contributed by atoms with E-state index in [2.05, 4.69) is 16.9 Å². The zero-order valence-electron chi connectivity index (χ0n) is 11.5. The van der Waals surface area contributed by atoms with Crippen LogP contribution < -0.4 is 5.73 Å². The van der Waals surface area contributed by atoms with Crippen LogP contribution in [0.5, 0.6) is 0 Å². The summed E-state index contributed by atoms with van der Waals surface area (Å²) in [6.45, 7) is 1.46. The molecule has 2 aromatic rings. The van der Waals surface area contributed by atoms with E-state index in [9.17, 15) is 0 Å². The zero-order chi connectivity index (χ0) is 13.7. The van der Waals surface area contributed by atoms with Crippen molar-refractivity contribution in [3.63, 3.8) is 0 Å². The van der Waals surface area contributed by atoms with Crippen molar-refractivity contribution < 1.29 is 4.74 Å². The first-order chi connectivity index (χ1) is 9.27. The highest BCUT2D eigenvalue weighted by molar-refractivity contribution is 7.98. The van der Waals surface area contributed by atoms with Gasteiger partial charge in [-0.25, -0.2) is 4.98 Å². The van der Waals surface area contributed by atoms with Gasteiger partial charge < -0.3 is 15.0 Å². The molecule has 0 spiro atoms. The zero-order valence-corrected chi connectivity index (χ0v) is 12.3. The minimum absolute atomic E-state index is 0.0169. The van der Waals surface area contributed by atoms with Gasteiger partial charge in [0.05, 0.1) is 23.7 Å². The van der Waals surface area contributed by atoms with Gasteiger partial charge >= 0.3 is 0 Å². The molecule has 0 bridgehead atoms. The van der Waals surface area contributed by atoms with Crippen LogP contribution in [0.25, 0.3) is 11.0 Å². The summed E-state index contributed by atoms with van der Waals surface area (Å²) in [4.78, 5) is 4.69. The Labute approximate surface area is 118 Å². The van der Waals surface area contributed by atoms with E-state index >= 15 is 0 Å². The van der Waals surface area contributed by atoms with Gasteiger partial charge in [0.15, 0.2) is 0 Å². The number of ether oxygens (including phenoxy) is 1. The smallest absolute Gasteiger partial charge is 0.126 e. The third-order valence-corrected chi connectivity index (χ3v) is 3.81. The van der Waals surface area contributed by atoms with Crippen LogP contribution >= 0.6 is 11.8 Å². The Balaban J connectivity index is 2.34. The van der Waals surface area contributed by atoms with Crippen LogP contribution in [0.4, 0.5) is 0 Å². The van der Waals surface area contributed by atoms with E-state index in [0.717, 1.165) is 35.6 Å². The standard InChI is InChI=1S/C14H21N3OS/c1-18-9-8-17-13-6-4-3-5-12(13)16-14(17)11(15)7-10-19-2/h3-6,11H,7-10,15H2,1-2H3. The quantitative estimate of drug-likeness (QED) is 0.846. The lowest BCUT2D eigenvalue weighted by molar-refractivity contribution is 0.187. The minimum atomic E-state index is -0.0169. The van der Waals surface area contributed by atoms with Gasteiger partial charge in [-0.15, -0.1) is 0 Å². The fourth-order valence-electron chi connectivity index (χ4n) is 2.17. The SMILES string of the molecule is COCCn1c(C(N)CCSC)nc2ccccc21. The summed E-state index contributed by atoms with van der Waals surface area (Å²) in [5, 5.41) is 0. The topological polar surface area (TPSA) is 53.1 Å². The van der Waals surface area contributed by atoms with Crippen LogP contribution in [0.1, 0.15) is 18.3 Å². The molecule has 0 radical (unpaired) electrons. The number of nitrogens with two attached hydrogens (primary N) is 1. The number of imidazole rings is 1. The maximum absolute atomic E-state index is 6.28. The maximum Gasteiger partial charge on any atom is 0.126 e. The Morgan fingerprint density at radius 3 is 2.95 bits per heavy atom. The Morgan fingerprint density at radius 2 is 2.21 bits per heavy atom. The van der Waals surface area contributed by atoms with Crippen molar-refractivity contribution in [3.05, 3.63) is 30.1 Å². The number of hydrogen-bond donors (Lipinski definition) is 1. The molecule has 0 fully saturated rings. The lowest BCUT2D eigenvalue weighted by Gasteiger charge is -2.14. The molecule has 2 N–H and O–H groups in total. The van der Waals surface area contributed by atoms with E-state index in [-0.39, 0.29) is 6.04 Å². The van der Waals surface area contributed by atoms with Crippen molar-refractivity contribution in [3.8, 4) is 0 Å². The summed E-state index contributed by atoms with van der Waals surface area (Å²) in [6.07, 6.45) is 3.04. The molecular formula is C14H21N3OS. The van der Waals surface area contributed by atoms with Gasteiger partial charge in [-0.2, -0.15) is 11.8 Å². The Bertz CT molecular complexity index is 526. The van der Waals surface area contributed by atoms with Crippen molar-refractivity contribution in [2.75, 3.05) is 25.7 Å². The molecule has 5 heteroatoms. The molecule has 0 aliphatic heterocycles. The average Bonchev–Trinajstić information content (AvgIpc) is 2.81. The average molecular weight is 279 g/mol. The number of methoxy groups -OCH3 is 1. The first-order valence-electron chi connectivity index (χ1n) is 6.46. The van der Waals surface area contributed by atoms with Crippen LogP contribution in [-0.4, -0.2) is 35.3 Å². The van der Waals surface area contributed by atoms with Gasteiger partial charge in [0, 0.05) is 13.7 Å². The van der Waals surface area contributed by atoms with E-state index in [0.29, 0.717) is 6.61 Å². The first kappa shape index (κ1) is 14.4. The van der Waals surface area contributed by atoms with Gasteiger partial charge in [-0.05, 0) is 30.6 Å². The summed E-state index contributed by atoms with van der Waals surface area (Å²) >= 11 is 1.81. The number of benzene rings is 1. The van der Waals surface area contributed by atoms with Crippen LogP contribution in [0.15, 0.2) is 24.3 Å². The molecule has 0 saturated heterocycles. The largest absolute Gasteiger partial charge is 0.383 e. The predicted molar refractivity (Wildman–Crippen MR) is 81.5 cm³/mol. The predicted octanol–water partition coefficient (Wildman–Crippen LogP) is 2.44. The number of nitrogens with zero attached hydrogens (tertiary/aromatic N) is 2. The Hall–Kier alpha value is -1.04. The van der Waals surface area contributed by atoms with Crippen molar-refractivity contribution in [1.82, 2.24) is 9.55 Å². The van der Waals surface area contributed by atoms with Crippen LogP contribution in [0.2, 0.25) is 0 Å². The normalized spacial score (nSPS) is 13.0. The molecule has 1 heterocycles. The monoisotopic (exact) mass is 279 g/mol. The first-order valence-corrected chi connectivity index (χ1v) is 7.86. The van der Waals surface area contributed by atoms with Crippen molar-refractivity contribution >= 4 is 22.8 Å². The molecule has 1 aromatic carbocycles. The second-order valence-electron chi connectivity index (χ2n) is 4.49. The Morgan fingerprint density at radius 1 is 1.42 bits per heavy atom. The number of para-hydroxylation sites is 2. The molecule has 0 aliphatic carbocycles. The molecule has 19 heavy (non-hydrogen) atoms. The molecule has 1 atom stereocenters. The lowest BCUT2D eigenvalue weighted by atomic mass is 10.2. The summed E-state index contributed by atoms with van der Waals surface area (Å²) in [6, 6.07) is 8.14. The van der Waals surface area contributed by atoms with Crippen LogP contribution in [-0.2, 0) is 11.3 Å². The van der Waals surface area contributed by atoms with E-state index in [1.54, 1.807) is 7.11 Å². The molecule has 1 aromatic heterocycles. The highest BCUT2D eigenvalue weighted by atomic mass is 32.2. The second-order valence-corrected chi connectivity index (χ2v) is 5.48. The highest BCUT2D eigenvalue weighted by Crippen LogP contribution is 2.22. The summed E-state index contributed by atoms with van der Waals surface area (Å²) in [7, 11) is 1.71. The van der Waals surface area contributed by atoms with E-state index in [4.69, 9.17) is 15.5 Å². The maximum atomic E-state index is 6.28. The molecule has 4 nitrogen and oxygen atoms in total. The summed E-state index contributed by atoms with van der Waals surface area (Å²) in [5.41, 5.74) is 8.42. The van der Waals surface area contributed by atoms with Crippen LogP contribution in [0.3, 0.4) is 0 Å². The molecule has 0 amide bonds. The molecule has 104 valence electrons. The molecule has 0 aliphatic rings. The number of thioether (sulfide) groups is 1. The van der Waals surface area contributed by atoms with Crippen molar-refractivity contribution in [2.45, 2.75) is 19.0 Å². The number of aromatic nitrogens is 2. The van der Waals surface area contributed by atoms with Gasteiger partial charge in [0.25, 0.3) is 0 Å². The second kappa shape index (κ2) is 6.93. The van der Waals surface area contributed by atoms with Gasteiger partial charge in [0.1, 0.15) is 5.82 Å². The van der Waals surface area contributed by atoms with Gasteiger partial charge in [-0.3, -0.25) is 0 Å². The molecular weight excluding hydrogens is 258 g/mol. The lowest BCUT2D eigenvalue weighted by Crippen LogP contribution is -2.19. The molecule has 2 rings (SSSR count). The van der Waals surface area contributed by atoms with Crippen LogP contribution in [0, 0.1) is 0 Å². The molecule has 1 unspecified atom stereocenters. The van der Waals surface area contributed by atoms with E-state index < -0.39 is 0 Å². The number of rotatable bonds is 7. The molecule has 0 saturated carbocycles. The van der Waals surface area contributed by atoms with E-state index in [1.807, 2.05) is 30.0 Å². The highest BCUT2D eigenvalue weighted by Gasteiger charge is 2.16. The number of fused-ring (bicyclic) bond motifs is 1. The fraction of sp³-hybridized carbons (Fsp3) is 0.500. The van der Waals surface area contributed by atoms with Gasteiger partial charge in [0.2, 0.25) is 0 Å². The Kier molecular flexibility index (Phi) is 5.24. The number of hydrogen-bond acceptors (Lipinski definition) is 4. The van der Waals surface area contributed by atoms with Crippen molar-refractivity contribution in [2.24, 2.45) is 5.73 Å². The third-order valence-electron chi connectivity index (χ3n) is 3.17.